The fourth-order valence-corrected chi connectivity index (χ4v) is 2.31. The van der Waals surface area contributed by atoms with Crippen LogP contribution in [0.5, 0.6) is 0 Å². The molecule has 0 spiro atoms. The molecule has 1 aromatic carbocycles. The first-order chi connectivity index (χ1) is 9.14. The summed E-state index contributed by atoms with van der Waals surface area (Å²) in [6, 6.07) is 7.32. The standard InChI is InChI=1S/C14H16N2O3/c1-19-13(18)16-11-4-2-9(3-5-11)8-15-12(17)14-6-10(14)7-14/h2-5,10H,6-8H2,1H3,(H,15,17)(H,16,18). The van der Waals surface area contributed by atoms with Crippen LogP contribution in [0.25, 0.3) is 0 Å². The predicted octanol–water partition coefficient (Wildman–Crippen LogP) is 1.89. The van der Waals surface area contributed by atoms with E-state index in [-0.39, 0.29) is 11.3 Å². The summed E-state index contributed by atoms with van der Waals surface area (Å²) in [5.74, 6) is 0.855. The molecule has 0 aliphatic heterocycles. The molecule has 3 rings (SSSR count). The molecule has 2 fully saturated rings. The molecule has 2 N–H and O–H groups in total. The van der Waals surface area contributed by atoms with E-state index < -0.39 is 6.09 Å². The van der Waals surface area contributed by atoms with Crippen molar-refractivity contribution in [1.82, 2.24) is 5.32 Å². The minimum absolute atomic E-state index is 0.0202. The number of methoxy groups -OCH3 is 1. The monoisotopic (exact) mass is 260 g/mol. The van der Waals surface area contributed by atoms with E-state index >= 15 is 0 Å². The number of hydrogen-bond acceptors (Lipinski definition) is 3. The third-order valence-corrected chi connectivity index (χ3v) is 3.97. The minimum Gasteiger partial charge on any atom is -0.453 e. The number of anilines is 1. The van der Waals surface area contributed by atoms with E-state index in [0.29, 0.717) is 18.2 Å². The van der Waals surface area contributed by atoms with Gasteiger partial charge in [0.1, 0.15) is 0 Å². The van der Waals surface area contributed by atoms with Gasteiger partial charge < -0.3 is 10.1 Å². The van der Waals surface area contributed by atoms with Gasteiger partial charge in [0.25, 0.3) is 0 Å². The van der Waals surface area contributed by atoms with Crippen LogP contribution in [0.4, 0.5) is 10.5 Å². The van der Waals surface area contributed by atoms with E-state index in [1.165, 1.54) is 7.11 Å². The van der Waals surface area contributed by atoms with Crippen molar-refractivity contribution >= 4 is 17.7 Å². The Morgan fingerprint density at radius 3 is 2.47 bits per heavy atom. The number of amides is 2. The fraction of sp³-hybridized carbons (Fsp3) is 0.429. The van der Waals surface area contributed by atoms with Crippen LogP contribution in [0.3, 0.4) is 0 Å². The molecular weight excluding hydrogens is 244 g/mol. The van der Waals surface area contributed by atoms with Crippen molar-refractivity contribution in [3.8, 4) is 0 Å². The topological polar surface area (TPSA) is 67.4 Å². The average molecular weight is 260 g/mol. The maximum atomic E-state index is 11.8. The lowest BCUT2D eigenvalue weighted by molar-refractivity contribution is -0.124. The maximum absolute atomic E-state index is 11.8. The van der Waals surface area contributed by atoms with Crippen LogP contribution in [-0.2, 0) is 16.1 Å². The summed E-state index contributed by atoms with van der Waals surface area (Å²) < 4.78 is 4.51. The Hall–Kier alpha value is -2.04. The van der Waals surface area contributed by atoms with Gasteiger partial charge in [-0.2, -0.15) is 0 Å². The number of carbonyl (C=O) groups excluding carboxylic acids is 2. The molecule has 0 heterocycles. The van der Waals surface area contributed by atoms with Gasteiger partial charge in [-0.1, -0.05) is 12.1 Å². The Balaban J connectivity index is 1.51. The Morgan fingerprint density at radius 2 is 1.95 bits per heavy atom. The fourth-order valence-electron chi connectivity index (χ4n) is 2.31. The first-order valence-electron chi connectivity index (χ1n) is 6.36. The van der Waals surface area contributed by atoms with Crippen LogP contribution < -0.4 is 10.6 Å². The summed E-state index contributed by atoms with van der Waals surface area (Å²) in [5, 5.41) is 5.54. The third kappa shape index (κ3) is 2.28. The molecule has 0 atom stereocenters. The highest BCUT2D eigenvalue weighted by molar-refractivity contribution is 5.90. The van der Waals surface area contributed by atoms with Gasteiger partial charge in [-0.15, -0.1) is 0 Å². The highest BCUT2D eigenvalue weighted by Gasteiger charge is 2.74. The van der Waals surface area contributed by atoms with Crippen LogP contribution in [0.2, 0.25) is 0 Å². The number of rotatable bonds is 4. The van der Waals surface area contributed by atoms with E-state index in [0.717, 1.165) is 18.4 Å². The Labute approximate surface area is 111 Å². The molecular formula is C14H16N2O3. The Morgan fingerprint density at radius 1 is 1.32 bits per heavy atom. The van der Waals surface area contributed by atoms with Gasteiger partial charge in [0.15, 0.2) is 0 Å². The number of hydrogen-bond donors (Lipinski definition) is 2. The first kappa shape index (κ1) is 12.0. The second-order valence-electron chi connectivity index (χ2n) is 5.26. The molecule has 1 aromatic rings. The number of ether oxygens (including phenoxy) is 1. The van der Waals surface area contributed by atoms with Crippen LogP contribution in [0.15, 0.2) is 24.3 Å². The van der Waals surface area contributed by atoms with Crippen LogP contribution >= 0.6 is 0 Å². The molecule has 0 aromatic heterocycles. The molecule has 5 nitrogen and oxygen atoms in total. The van der Waals surface area contributed by atoms with Gasteiger partial charge in [0.2, 0.25) is 5.91 Å². The number of nitrogens with one attached hydrogen (secondary N) is 2. The molecule has 0 unspecified atom stereocenters. The van der Waals surface area contributed by atoms with Crippen molar-refractivity contribution in [3.05, 3.63) is 29.8 Å². The first-order valence-corrected chi connectivity index (χ1v) is 6.36. The molecule has 0 bridgehead atoms. The molecule has 19 heavy (non-hydrogen) atoms. The maximum Gasteiger partial charge on any atom is 0.411 e. The predicted molar refractivity (Wildman–Crippen MR) is 69.5 cm³/mol. The quantitative estimate of drug-likeness (QED) is 0.868. The largest absolute Gasteiger partial charge is 0.453 e. The van der Waals surface area contributed by atoms with E-state index in [9.17, 15) is 9.59 Å². The molecule has 2 aliphatic carbocycles. The van der Waals surface area contributed by atoms with Gasteiger partial charge in [0.05, 0.1) is 12.5 Å². The molecule has 100 valence electrons. The Bertz CT molecular complexity index is 518. The summed E-state index contributed by atoms with van der Waals surface area (Å²) >= 11 is 0. The number of benzene rings is 1. The normalized spacial score (nSPS) is 26.1. The summed E-state index contributed by atoms with van der Waals surface area (Å²) in [6.07, 6.45) is 1.65. The average Bonchev–Trinajstić information content (AvgIpc) is 3.26. The summed E-state index contributed by atoms with van der Waals surface area (Å²) in [7, 11) is 1.32. The number of carbonyl (C=O) groups is 2. The molecule has 5 heteroatoms. The summed E-state index contributed by atoms with van der Waals surface area (Å²) in [4.78, 5) is 22.8. The minimum atomic E-state index is -0.492. The zero-order chi connectivity index (χ0) is 13.5. The Kier molecular flexibility index (Phi) is 2.69. The smallest absolute Gasteiger partial charge is 0.411 e. The number of fused-ring (bicyclic) bond motifs is 1. The second kappa shape index (κ2) is 4.26. The van der Waals surface area contributed by atoms with Crippen molar-refractivity contribution < 1.29 is 14.3 Å². The van der Waals surface area contributed by atoms with Crippen molar-refractivity contribution in [2.75, 3.05) is 12.4 Å². The highest BCUT2D eigenvalue weighted by Crippen LogP contribution is 2.75. The van der Waals surface area contributed by atoms with Crippen molar-refractivity contribution in [3.63, 3.8) is 0 Å². The van der Waals surface area contributed by atoms with E-state index in [4.69, 9.17) is 0 Å². The molecule has 2 aliphatic rings. The van der Waals surface area contributed by atoms with E-state index in [1.54, 1.807) is 12.1 Å². The van der Waals surface area contributed by atoms with Crippen LogP contribution in [-0.4, -0.2) is 19.1 Å². The molecule has 2 saturated carbocycles. The van der Waals surface area contributed by atoms with Gasteiger partial charge in [0, 0.05) is 12.2 Å². The molecule has 2 amide bonds. The summed E-state index contributed by atoms with van der Waals surface area (Å²) in [5.41, 5.74) is 1.70. The van der Waals surface area contributed by atoms with Gasteiger partial charge >= 0.3 is 6.09 Å². The third-order valence-electron chi connectivity index (χ3n) is 3.97. The van der Waals surface area contributed by atoms with E-state index in [1.807, 2.05) is 12.1 Å². The van der Waals surface area contributed by atoms with Gasteiger partial charge in [-0.25, -0.2) is 4.79 Å². The van der Waals surface area contributed by atoms with Crippen molar-refractivity contribution in [2.45, 2.75) is 19.4 Å². The van der Waals surface area contributed by atoms with Gasteiger partial charge in [-0.3, -0.25) is 10.1 Å². The zero-order valence-corrected chi connectivity index (χ0v) is 10.7. The second-order valence-corrected chi connectivity index (χ2v) is 5.26. The lowest BCUT2D eigenvalue weighted by Gasteiger charge is -2.08. The lowest BCUT2D eigenvalue weighted by Crippen LogP contribution is -2.27. The molecule has 0 radical (unpaired) electrons. The molecule has 0 saturated heterocycles. The SMILES string of the molecule is COC(=O)Nc1ccc(CNC(=O)C23CC2C3)cc1. The summed E-state index contributed by atoms with van der Waals surface area (Å²) in [6.45, 7) is 0.534. The van der Waals surface area contributed by atoms with Crippen molar-refractivity contribution in [1.29, 1.82) is 0 Å². The van der Waals surface area contributed by atoms with E-state index in [2.05, 4.69) is 15.4 Å². The van der Waals surface area contributed by atoms with Crippen molar-refractivity contribution in [2.24, 2.45) is 11.3 Å². The van der Waals surface area contributed by atoms with Crippen LogP contribution in [0.1, 0.15) is 18.4 Å². The highest BCUT2D eigenvalue weighted by atomic mass is 16.5. The van der Waals surface area contributed by atoms with Crippen LogP contribution in [0, 0.1) is 11.3 Å². The zero-order valence-electron chi connectivity index (χ0n) is 10.7. The van der Waals surface area contributed by atoms with Gasteiger partial charge in [-0.05, 0) is 36.5 Å². The lowest BCUT2D eigenvalue weighted by atomic mass is 10.1.